The number of oxazole rings is 1. The minimum absolute atomic E-state index is 0.0980. The van der Waals surface area contributed by atoms with Gasteiger partial charge in [0.25, 0.3) is 6.01 Å². The minimum atomic E-state index is 0.0980. The van der Waals surface area contributed by atoms with Gasteiger partial charge in [-0.3, -0.25) is 0 Å². The second-order valence-corrected chi connectivity index (χ2v) is 6.70. The van der Waals surface area contributed by atoms with Crippen LogP contribution in [0, 0.1) is 0 Å². The molecule has 0 aromatic carbocycles. The van der Waals surface area contributed by atoms with Gasteiger partial charge < -0.3 is 19.5 Å². The molecule has 20 heavy (non-hydrogen) atoms. The summed E-state index contributed by atoms with van der Waals surface area (Å²) < 4.78 is 5.56. The number of anilines is 1. The smallest absolute Gasteiger partial charge is 0.297 e. The molecule has 0 bridgehead atoms. The van der Waals surface area contributed by atoms with Gasteiger partial charge in [-0.15, -0.1) is 0 Å². The van der Waals surface area contributed by atoms with Gasteiger partial charge in [0.05, 0.1) is 5.69 Å². The van der Waals surface area contributed by atoms with Crippen LogP contribution in [0.25, 0.3) is 0 Å². The SMILES string of the molecule is CN(CCN1CCCC1)c1nc(CNC(C)(C)C)co1. The van der Waals surface area contributed by atoms with Gasteiger partial charge in [-0.2, -0.15) is 4.98 Å². The number of likely N-dealkylation sites (N-methyl/N-ethyl adjacent to an activating group) is 1. The average molecular weight is 280 g/mol. The molecule has 0 amide bonds. The van der Waals surface area contributed by atoms with E-state index in [0.717, 1.165) is 31.3 Å². The van der Waals surface area contributed by atoms with E-state index in [-0.39, 0.29) is 5.54 Å². The molecule has 1 saturated heterocycles. The Hall–Kier alpha value is -1.07. The van der Waals surface area contributed by atoms with E-state index in [2.05, 4.69) is 40.9 Å². The van der Waals surface area contributed by atoms with Crippen molar-refractivity contribution in [3.63, 3.8) is 0 Å². The summed E-state index contributed by atoms with van der Waals surface area (Å²) in [6.45, 7) is 11.7. The molecular formula is C15H28N4O. The molecule has 0 radical (unpaired) electrons. The summed E-state index contributed by atoms with van der Waals surface area (Å²) in [5.41, 5.74) is 1.06. The van der Waals surface area contributed by atoms with Crippen LogP contribution < -0.4 is 10.2 Å². The molecule has 114 valence electrons. The highest BCUT2D eigenvalue weighted by molar-refractivity contribution is 5.25. The number of hydrogen-bond acceptors (Lipinski definition) is 5. The van der Waals surface area contributed by atoms with Gasteiger partial charge in [0.2, 0.25) is 0 Å². The number of aromatic nitrogens is 1. The quantitative estimate of drug-likeness (QED) is 0.864. The predicted molar refractivity (Wildman–Crippen MR) is 82.0 cm³/mol. The Bertz CT molecular complexity index is 404. The molecular weight excluding hydrogens is 252 g/mol. The third-order valence-corrected chi connectivity index (χ3v) is 3.62. The molecule has 0 atom stereocenters. The number of likely N-dealkylation sites (tertiary alicyclic amines) is 1. The topological polar surface area (TPSA) is 44.5 Å². The zero-order valence-corrected chi connectivity index (χ0v) is 13.3. The van der Waals surface area contributed by atoms with Gasteiger partial charge in [-0.25, -0.2) is 0 Å². The standard InChI is InChI=1S/C15H28N4O/c1-15(2,3)16-11-13-12-20-14(17-13)18(4)9-10-19-7-5-6-8-19/h12,16H,5-11H2,1-4H3. The number of hydrogen-bond donors (Lipinski definition) is 1. The maximum atomic E-state index is 5.56. The third kappa shape index (κ3) is 4.80. The van der Waals surface area contributed by atoms with E-state index in [9.17, 15) is 0 Å². The van der Waals surface area contributed by atoms with Crippen molar-refractivity contribution in [1.82, 2.24) is 15.2 Å². The highest BCUT2D eigenvalue weighted by Crippen LogP contribution is 2.13. The van der Waals surface area contributed by atoms with E-state index in [0.29, 0.717) is 0 Å². The van der Waals surface area contributed by atoms with E-state index in [1.54, 1.807) is 6.26 Å². The molecule has 1 N–H and O–H groups in total. The molecule has 1 aliphatic heterocycles. The fraction of sp³-hybridized carbons (Fsp3) is 0.800. The Morgan fingerprint density at radius 1 is 1.35 bits per heavy atom. The van der Waals surface area contributed by atoms with Crippen LogP contribution in [0.1, 0.15) is 39.3 Å². The predicted octanol–water partition coefficient (Wildman–Crippen LogP) is 2.09. The lowest BCUT2D eigenvalue weighted by Gasteiger charge is -2.20. The Morgan fingerprint density at radius 3 is 2.70 bits per heavy atom. The highest BCUT2D eigenvalue weighted by atomic mass is 16.4. The first-order valence-electron chi connectivity index (χ1n) is 7.57. The van der Waals surface area contributed by atoms with E-state index >= 15 is 0 Å². The second-order valence-electron chi connectivity index (χ2n) is 6.70. The van der Waals surface area contributed by atoms with Crippen molar-refractivity contribution in [2.45, 2.75) is 45.7 Å². The maximum absolute atomic E-state index is 5.56. The highest BCUT2D eigenvalue weighted by Gasteiger charge is 2.15. The van der Waals surface area contributed by atoms with Gasteiger partial charge >= 0.3 is 0 Å². The number of rotatable bonds is 6. The lowest BCUT2D eigenvalue weighted by Crippen LogP contribution is -2.35. The summed E-state index contributed by atoms with van der Waals surface area (Å²) in [7, 11) is 2.04. The fourth-order valence-electron chi connectivity index (χ4n) is 2.30. The summed E-state index contributed by atoms with van der Waals surface area (Å²) in [4.78, 5) is 9.13. The first-order chi connectivity index (χ1) is 9.44. The van der Waals surface area contributed by atoms with E-state index < -0.39 is 0 Å². The van der Waals surface area contributed by atoms with Crippen LogP contribution in [0.15, 0.2) is 10.7 Å². The largest absolute Gasteiger partial charge is 0.432 e. The van der Waals surface area contributed by atoms with Crippen LogP contribution >= 0.6 is 0 Å². The van der Waals surface area contributed by atoms with E-state index in [1.165, 1.54) is 25.9 Å². The Morgan fingerprint density at radius 2 is 2.05 bits per heavy atom. The molecule has 0 spiro atoms. The Labute approximate surface area is 122 Å². The summed E-state index contributed by atoms with van der Waals surface area (Å²) in [6.07, 6.45) is 4.43. The van der Waals surface area contributed by atoms with Gasteiger partial charge in [0.15, 0.2) is 0 Å². The molecule has 1 aliphatic rings. The molecule has 0 aliphatic carbocycles. The average Bonchev–Trinajstić information content (AvgIpc) is 3.04. The van der Waals surface area contributed by atoms with Crippen LogP contribution in [-0.2, 0) is 6.54 Å². The molecule has 1 aromatic heterocycles. The lowest BCUT2D eigenvalue weighted by atomic mass is 10.1. The number of nitrogens with one attached hydrogen (secondary N) is 1. The monoisotopic (exact) mass is 280 g/mol. The van der Waals surface area contributed by atoms with Gasteiger partial charge in [-0.05, 0) is 46.7 Å². The van der Waals surface area contributed by atoms with Gasteiger partial charge in [0, 0.05) is 32.2 Å². The van der Waals surface area contributed by atoms with Crippen molar-refractivity contribution in [3.8, 4) is 0 Å². The lowest BCUT2D eigenvalue weighted by molar-refractivity contribution is 0.344. The van der Waals surface area contributed by atoms with Gasteiger partial charge in [0.1, 0.15) is 6.26 Å². The van der Waals surface area contributed by atoms with Crippen molar-refractivity contribution in [1.29, 1.82) is 0 Å². The fourth-order valence-corrected chi connectivity index (χ4v) is 2.30. The normalized spacial score (nSPS) is 16.8. The first kappa shape index (κ1) is 15.3. The third-order valence-electron chi connectivity index (χ3n) is 3.62. The summed E-state index contributed by atoms with van der Waals surface area (Å²) in [5.74, 6) is 0. The van der Waals surface area contributed by atoms with Crippen LogP contribution in [0.4, 0.5) is 6.01 Å². The summed E-state index contributed by atoms with van der Waals surface area (Å²) in [5, 5.41) is 3.42. The zero-order chi connectivity index (χ0) is 14.6. The molecule has 0 unspecified atom stereocenters. The van der Waals surface area contributed by atoms with Crippen molar-refractivity contribution in [3.05, 3.63) is 12.0 Å². The molecule has 1 aromatic rings. The van der Waals surface area contributed by atoms with Crippen molar-refractivity contribution < 1.29 is 4.42 Å². The summed E-state index contributed by atoms with van der Waals surface area (Å²) >= 11 is 0. The van der Waals surface area contributed by atoms with Gasteiger partial charge in [-0.1, -0.05) is 0 Å². The second kappa shape index (κ2) is 6.59. The Balaban J connectivity index is 1.78. The molecule has 5 heteroatoms. The van der Waals surface area contributed by atoms with Crippen LogP contribution in [-0.4, -0.2) is 48.6 Å². The van der Waals surface area contributed by atoms with Crippen LogP contribution in [0.3, 0.4) is 0 Å². The molecule has 2 rings (SSSR count). The first-order valence-corrected chi connectivity index (χ1v) is 7.57. The Kier molecular flexibility index (Phi) is 5.05. The van der Waals surface area contributed by atoms with Crippen molar-refractivity contribution in [2.75, 3.05) is 38.1 Å². The minimum Gasteiger partial charge on any atom is -0.432 e. The molecule has 5 nitrogen and oxygen atoms in total. The summed E-state index contributed by atoms with van der Waals surface area (Å²) in [6, 6.07) is 0.718. The zero-order valence-electron chi connectivity index (χ0n) is 13.3. The van der Waals surface area contributed by atoms with E-state index in [4.69, 9.17) is 4.42 Å². The van der Waals surface area contributed by atoms with Crippen LogP contribution in [0.5, 0.6) is 0 Å². The van der Waals surface area contributed by atoms with Crippen molar-refractivity contribution in [2.24, 2.45) is 0 Å². The maximum Gasteiger partial charge on any atom is 0.297 e. The van der Waals surface area contributed by atoms with Crippen molar-refractivity contribution >= 4 is 6.01 Å². The molecule has 0 saturated carbocycles. The molecule has 2 heterocycles. The molecule has 1 fully saturated rings. The van der Waals surface area contributed by atoms with E-state index in [1.807, 2.05) is 7.05 Å². The van der Waals surface area contributed by atoms with Crippen LogP contribution in [0.2, 0.25) is 0 Å². The number of nitrogens with zero attached hydrogens (tertiary/aromatic N) is 3.